The lowest BCUT2D eigenvalue weighted by molar-refractivity contribution is -0.0724. The van der Waals surface area contributed by atoms with Crippen LogP contribution < -0.4 is 5.32 Å². The van der Waals surface area contributed by atoms with Gasteiger partial charge in [0.1, 0.15) is 11.6 Å². The first-order chi connectivity index (χ1) is 9.04. The van der Waals surface area contributed by atoms with Gasteiger partial charge in [-0.25, -0.2) is 8.78 Å². The lowest BCUT2D eigenvalue weighted by Crippen LogP contribution is -2.44. The van der Waals surface area contributed by atoms with Gasteiger partial charge in [0.05, 0.1) is 11.6 Å². The number of likely N-dealkylation sites (N-methyl/N-ethyl adjacent to an activating group) is 1. The van der Waals surface area contributed by atoms with Crippen LogP contribution in [0.4, 0.5) is 8.78 Å². The number of rotatable bonds is 7. The van der Waals surface area contributed by atoms with Crippen LogP contribution in [0.2, 0.25) is 0 Å². The molecule has 4 heteroatoms. The van der Waals surface area contributed by atoms with Crippen molar-refractivity contribution in [2.75, 3.05) is 13.7 Å². The number of hydrogen-bond acceptors (Lipinski definition) is 2. The summed E-state index contributed by atoms with van der Waals surface area (Å²) in [6, 6.07) is 3.39. The molecule has 0 amide bonds. The molecule has 0 aliphatic heterocycles. The lowest BCUT2D eigenvalue weighted by Gasteiger charge is -2.39. The van der Waals surface area contributed by atoms with Crippen LogP contribution in [0.1, 0.15) is 45.2 Å². The van der Waals surface area contributed by atoms with Crippen LogP contribution in [0.25, 0.3) is 0 Å². The second kappa shape index (κ2) is 6.96. The summed E-state index contributed by atoms with van der Waals surface area (Å²) in [5.74, 6) is -1.10. The maximum absolute atomic E-state index is 14.0. The van der Waals surface area contributed by atoms with Gasteiger partial charge in [-0.3, -0.25) is 0 Å². The molecular weight excluding hydrogens is 248 g/mol. The molecule has 19 heavy (non-hydrogen) atoms. The van der Waals surface area contributed by atoms with Crippen LogP contribution >= 0.6 is 0 Å². The van der Waals surface area contributed by atoms with Crippen molar-refractivity contribution in [3.63, 3.8) is 0 Å². The summed E-state index contributed by atoms with van der Waals surface area (Å²) < 4.78 is 32.9. The Kier molecular flexibility index (Phi) is 5.88. The van der Waals surface area contributed by atoms with Crippen LogP contribution in [0.3, 0.4) is 0 Å². The topological polar surface area (TPSA) is 21.3 Å². The Morgan fingerprint density at radius 2 is 1.84 bits per heavy atom. The standard InChI is InChI=1S/C15H23F2NO/c1-5-15(6-2,19-7-3)14(18-4)12-9-8-11(16)10-13(12)17/h8-10,14,18H,5-7H2,1-4H3. The molecule has 108 valence electrons. The average molecular weight is 271 g/mol. The molecule has 0 saturated carbocycles. The molecule has 1 aromatic carbocycles. The summed E-state index contributed by atoms with van der Waals surface area (Å²) in [6.07, 6.45) is 1.50. The smallest absolute Gasteiger partial charge is 0.131 e. The Morgan fingerprint density at radius 1 is 1.21 bits per heavy atom. The number of ether oxygens (including phenoxy) is 1. The van der Waals surface area contributed by atoms with E-state index in [1.54, 1.807) is 7.05 Å². The molecular formula is C15H23F2NO. The summed E-state index contributed by atoms with van der Waals surface area (Å²) in [4.78, 5) is 0. The van der Waals surface area contributed by atoms with E-state index in [4.69, 9.17) is 4.74 Å². The van der Waals surface area contributed by atoms with Gasteiger partial charge in [-0.15, -0.1) is 0 Å². The maximum Gasteiger partial charge on any atom is 0.131 e. The van der Waals surface area contributed by atoms with Crippen molar-refractivity contribution in [3.05, 3.63) is 35.4 Å². The molecule has 1 atom stereocenters. The minimum atomic E-state index is -0.564. The first-order valence-electron chi connectivity index (χ1n) is 6.80. The van der Waals surface area contributed by atoms with Gasteiger partial charge in [-0.2, -0.15) is 0 Å². The molecule has 0 aliphatic rings. The van der Waals surface area contributed by atoms with Gasteiger partial charge >= 0.3 is 0 Å². The highest BCUT2D eigenvalue weighted by Gasteiger charge is 2.38. The van der Waals surface area contributed by atoms with Crippen molar-refractivity contribution >= 4 is 0 Å². The predicted octanol–water partition coefficient (Wildman–Crippen LogP) is 3.82. The first kappa shape index (κ1) is 16.1. The van der Waals surface area contributed by atoms with Gasteiger partial charge in [-0.05, 0) is 32.9 Å². The highest BCUT2D eigenvalue weighted by atomic mass is 19.1. The van der Waals surface area contributed by atoms with Crippen molar-refractivity contribution in [2.45, 2.75) is 45.3 Å². The van der Waals surface area contributed by atoms with Crippen molar-refractivity contribution in [2.24, 2.45) is 0 Å². The predicted molar refractivity (Wildman–Crippen MR) is 73.1 cm³/mol. The highest BCUT2D eigenvalue weighted by Crippen LogP contribution is 2.36. The minimum absolute atomic E-state index is 0.303. The van der Waals surface area contributed by atoms with E-state index in [1.807, 2.05) is 20.8 Å². The van der Waals surface area contributed by atoms with Gasteiger partial charge in [0.25, 0.3) is 0 Å². The van der Waals surface area contributed by atoms with Gasteiger partial charge in [0.15, 0.2) is 0 Å². The second-order valence-corrected chi connectivity index (χ2v) is 4.59. The normalized spacial score (nSPS) is 13.6. The summed E-state index contributed by atoms with van der Waals surface area (Å²) in [7, 11) is 1.77. The molecule has 0 bridgehead atoms. The summed E-state index contributed by atoms with van der Waals surface area (Å²) in [5.41, 5.74) is -0.0385. The fourth-order valence-electron chi connectivity index (χ4n) is 2.67. The third-order valence-corrected chi connectivity index (χ3v) is 3.72. The molecule has 0 aliphatic carbocycles. The quantitative estimate of drug-likeness (QED) is 0.814. The Morgan fingerprint density at radius 3 is 2.26 bits per heavy atom. The van der Waals surface area contributed by atoms with Crippen molar-refractivity contribution in [3.8, 4) is 0 Å². The van der Waals surface area contributed by atoms with Crippen molar-refractivity contribution in [1.29, 1.82) is 0 Å². The lowest BCUT2D eigenvalue weighted by atomic mass is 9.83. The fraction of sp³-hybridized carbons (Fsp3) is 0.600. The molecule has 1 N–H and O–H groups in total. The first-order valence-corrected chi connectivity index (χ1v) is 6.80. The Labute approximate surface area is 114 Å². The van der Waals surface area contributed by atoms with Gasteiger partial charge < -0.3 is 10.1 Å². The fourth-order valence-corrected chi connectivity index (χ4v) is 2.67. The molecule has 1 aromatic rings. The van der Waals surface area contributed by atoms with Gasteiger partial charge in [0, 0.05) is 18.2 Å². The molecule has 0 heterocycles. The maximum atomic E-state index is 14.0. The Balaban J connectivity index is 3.23. The average Bonchev–Trinajstić information content (AvgIpc) is 2.40. The molecule has 0 spiro atoms. The molecule has 0 fully saturated rings. The largest absolute Gasteiger partial charge is 0.373 e. The van der Waals surface area contributed by atoms with Crippen LogP contribution in [0, 0.1) is 11.6 Å². The number of benzene rings is 1. The molecule has 0 saturated heterocycles. The van der Waals surface area contributed by atoms with Crippen LogP contribution in [-0.4, -0.2) is 19.3 Å². The Bertz CT molecular complexity index is 405. The van der Waals surface area contributed by atoms with E-state index >= 15 is 0 Å². The number of hydrogen-bond donors (Lipinski definition) is 1. The monoisotopic (exact) mass is 271 g/mol. The molecule has 0 radical (unpaired) electrons. The molecule has 2 nitrogen and oxygen atoms in total. The summed E-state index contributed by atoms with van der Waals surface area (Å²) in [5, 5.41) is 3.12. The molecule has 0 aromatic heterocycles. The van der Waals surface area contributed by atoms with Gasteiger partial charge in [-0.1, -0.05) is 19.9 Å². The highest BCUT2D eigenvalue weighted by molar-refractivity contribution is 5.25. The van der Waals surface area contributed by atoms with Crippen LogP contribution in [0.15, 0.2) is 18.2 Å². The molecule has 1 unspecified atom stereocenters. The number of halogens is 2. The third kappa shape index (κ3) is 3.31. The molecule has 1 rings (SSSR count). The van der Waals surface area contributed by atoms with E-state index < -0.39 is 17.2 Å². The summed E-state index contributed by atoms with van der Waals surface area (Å²) in [6.45, 7) is 6.52. The number of nitrogens with one attached hydrogen (secondary N) is 1. The minimum Gasteiger partial charge on any atom is -0.373 e. The van der Waals surface area contributed by atoms with Crippen molar-refractivity contribution < 1.29 is 13.5 Å². The van der Waals surface area contributed by atoms with E-state index in [9.17, 15) is 8.78 Å². The SMILES string of the molecule is CCOC(CC)(CC)C(NC)c1ccc(F)cc1F. The summed E-state index contributed by atoms with van der Waals surface area (Å²) >= 11 is 0. The zero-order valence-electron chi connectivity index (χ0n) is 12.1. The van der Waals surface area contributed by atoms with E-state index in [-0.39, 0.29) is 6.04 Å². The van der Waals surface area contributed by atoms with E-state index in [0.29, 0.717) is 12.2 Å². The second-order valence-electron chi connectivity index (χ2n) is 4.59. The van der Waals surface area contributed by atoms with E-state index in [1.165, 1.54) is 12.1 Å². The Hall–Kier alpha value is -1.00. The van der Waals surface area contributed by atoms with Crippen LogP contribution in [0.5, 0.6) is 0 Å². The van der Waals surface area contributed by atoms with Crippen molar-refractivity contribution in [1.82, 2.24) is 5.32 Å². The van der Waals surface area contributed by atoms with E-state index in [2.05, 4.69) is 5.32 Å². The van der Waals surface area contributed by atoms with E-state index in [0.717, 1.165) is 18.9 Å². The zero-order chi connectivity index (χ0) is 14.5. The third-order valence-electron chi connectivity index (χ3n) is 3.72. The van der Waals surface area contributed by atoms with Gasteiger partial charge in [0.2, 0.25) is 0 Å². The van der Waals surface area contributed by atoms with Crippen LogP contribution in [-0.2, 0) is 4.74 Å². The zero-order valence-corrected chi connectivity index (χ0v) is 12.1.